The summed E-state index contributed by atoms with van der Waals surface area (Å²) < 4.78 is 6.46. The van der Waals surface area contributed by atoms with Gasteiger partial charge in [0.25, 0.3) is 0 Å². The molecule has 0 bridgehead atoms. The van der Waals surface area contributed by atoms with Gasteiger partial charge in [0.1, 0.15) is 12.2 Å². The summed E-state index contributed by atoms with van der Waals surface area (Å²) in [4.78, 5) is 22.2. The molecule has 0 radical (unpaired) electrons. The van der Waals surface area contributed by atoms with Gasteiger partial charge in [0, 0.05) is 41.2 Å². The van der Waals surface area contributed by atoms with Crippen molar-refractivity contribution in [3.05, 3.63) is 95.8 Å². The smallest absolute Gasteiger partial charge is 0.228 e. The highest BCUT2D eigenvalue weighted by Crippen LogP contribution is 2.36. The van der Waals surface area contributed by atoms with E-state index in [-0.39, 0.29) is 18.4 Å². The number of rotatable bonds is 8. The molecule has 0 saturated carbocycles. The van der Waals surface area contributed by atoms with Crippen LogP contribution in [0.25, 0.3) is 0 Å². The second-order valence-electron chi connectivity index (χ2n) is 9.41. The summed E-state index contributed by atoms with van der Waals surface area (Å²) in [5.74, 6) is -0.168. The van der Waals surface area contributed by atoms with Crippen molar-refractivity contribution >= 4 is 25.6 Å². The number of hydrogen-bond acceptors (Lipinski definition) is 6. The molecule has 0 fully saturated rings. The van der Waals surface area contributed by atoms with Gasteiger partial charge in [-0.25, -0.2) is 0 Å². The second-order valence-corrected chi connectivity index (χ2v) is 13.8. The number of carbonyl (C=O) groups is 1. The molecule has 2 heterocycles. The van der Waals surface area contributed by atoms with Crippen molar-refractivity contribution < 1.29 is 14.1 Å². The predicted octanol–water partition coefficient (Wildman–Crippen LogP) is 5.22. The van der Waals surface area contributed by atoms with E-state index in [4.69, 9.17) is 9.26 Å². The highest BCUT2D eigenvalue weighted by atomic mass is 28.4. The molecule has 35 heavy (non-hydrogen) atoms. The van der Waals surface area contributed by atoms with E-state index in [0.29, 0.717) is 12.1 Å². The fourth-order valence-electron chi connectivity index (χ4n) is 4.02. The van der Waals surface area contributed by atoms with Crippen LogP contribution in [-0.4, -0.2) is 31.0 Å². The predicted molar refractivity (Wildman–Crippen MR) is 137 cm³/mol. The average Bonchev–Trinajstić information content (AvgIpc) is 3.32. The molecule has 0 aliphatic carbocycles. The van der Waals surface area contributed by atoms with Crippen LogP contribution in [0.1, 0.15) is 29.5 Å². The van der Waals surface area contributed by atoms with E-state index >= 15 is 0 Å². The van der Waals surface area contributed by atoms with E-state index in [1.165, 1.54) is 0 Å². The Balaban J connectivity index is 1.44. The summed E-state index contributed by atoms with van der Waals surface area (Å²) in [7, 11) is -2.09. The zero-order valence-electron chi connectivity index (χ0n) is 20.1. The van der Waals surface area contributed by atoms with E-state index in [0.717, 1.165) is 22.4 Å². The maximum absolute atomic E-state index is 12.6. The Morgan fingerprint density at radius 1 is 1.11 bits per heavy atom. The number of nitriles is 1. The Morgan fingerprint density at radius 3 is 2.46 bits per heavy atom. The molecule has 1 N–H and O–H groups in total. The monoisotopic (exact) mass is 484 g/mol. The maximum Gasteiger partial charge on any atom is 0.228 e. The van der Waals surface area contributed by atoms with Gasteiger partial charge < -0.3 is 14.6 Å². The minimum absolute atomic E-state index is 0.168. The molecule has 178 valence electrons. The number of anilines is 1. The van der Waals surface area contributed by atoms with Crippen LogP contribution in [0.3, 0.4) is 0 Å². The molecule has 3 aromatic rings. The molecular formula is C27H28N4O3Si. The van der Waals surface area contributed by atoms with Gasteiger partial charge in [-0.2, -0.15) is 5.26 Å². The lowest BCUT2D eigenvalue weighted by Crippen LogP contribution is -2.40. The second kappa shape index (κ2) is 10.2. The van der Waals surface area contributed by atoms with Crippen LogP contribution in [0.5, 0.6) is 0 Å². The summed E-state index contributed by atoms with van der Waals surface area (Å²) in [6.07, 6.45) is 3.84. The average molecular weight is 485 g/mol. The fraction of sp³-hybridized carbons (Fsp3) is 0.259. The molecule has 1 aliphatic heterocycles. The van der Waals surface area contributed by atoms with Crippen molar-refractivity contribution in [2.75, 3.05) is 5.32 Å². The number of benzene rings is 2. The summed E-state index contributed by atoms with van der Waals surface area (Å²) in [5, 5.41) is 17.3. The number of carbonyl (C=O) groups excluding carboxylic acids is 1. The number of oxime groups is 1. The Bertz CT molecular complexity index is 1240. The van der Waals surface area contributed by atoms with Crippen molar-refractivity contribution in [2.45, 2.75) is 44.2 Å². The van der Waals surface area contributed by atoms with Gasteiger partial charge in [0.2, 0.25) is 5.91 Å². The van der Waals surface area contributed by atoms with Crippen LogP contribution in [0, 0.1) is 11.3 Å². The van der Waals surface area contributed by atoms with Crippen LogP contribution >= 0.6 is 0 Å². The first-order valence-corrected chi connectivity index (χ1v) is 14.9. The number of nitrogens with one attached hydrogen (secondary N) is 1. The lowest BCUT2D eigenvalue weighted by molar-refractivity contribution is -0.118. The molecule has 2 unspecified atom stereocenters. The zero-order chi connectivity index (χ0) is 24.9. The summed E-state index contributed by atoms with van der Waals surface area (Å²) in [5.41, 5.74) is 2.61. The quantitative estimate of drug-likeness (QED) is 0.442. The number of nitrogens with zero attached hydrogens (tertiary/aromatic N) is 3. The minimum atomic E-state index is -2.09. The van der Waals surface area contributed by atoms with E-state index < -0.39 is 13.9 Å². The standard InChI is InChI=1S/C27H28N4O3Si/c1-35(2,3)34-27(19-28,21-9-5-4-6-10-21)22-11-13-23(14-12-22)30-26(32)17-24-16-25(31-33-24)20-8-7-15-29-18-20/h4-15,18,24H,16-17H2,1-3H3,(H,30,32). The van der Waals surface area contributed by atoms with Crippen molar-refractivity contribution in [2.24, 2.45) is 5.16 Å². The molecule has 1 aliphatic rings. The Kier molecular flexibility index (Phi) is 7.10. The van der Waals surface area contributed by atoms with E-state index in [2.05, 4.69) is 41.2 Å². The Hall–Kier alpha value is -3.80. The first-order chi connectivity index (χ1) is 16.8. The molecule has 0 spiro atoms. The van der Waals surface area contributed by atoms with Crippen molar-refractivity contribution in [1.82, 2.24) is 4.98 Å². The van der Waals surface area contributed by atoms with Crippen LogP contribution in [0.4, 0.5) is 5.69 Å². The lowest BCUT2D eigenvalue weighted by Gasteiger charge is -2.34. The minimum Gasteiger partial charge on any atom is -0.393 e. The van der Waals surface area contributed by atoms with Gasteiger partial charge in [0.05, 0.1) is 12.1 Å². The van der Waals surface area contributed by atoms with E-state index in [1.807, 2.05) is 54.6 Å². The molecular weight excluding hydrogens is 456 g/mol. The highest BCUT2D eigenvalue weighted by molar-refractivity contribution is 6.69. The highest BCUT2D eigenvalue weighted by Gasteiger charge is 2.40. The third kappa shape index (κ3) is 5.83. The van der Waals surface area contributed by atoms with Crippen LogP contribution in [-0.2, 0) is 19.7 Å². The van der Waals surface area contributed by atoms with Crippen LogP contribution in [0.15, 0.2) is 84.3 Å². The summed E-state index contributed by atoms with van der Waals surface area (Å²) in [6.45, 7) is 6.18. The van der Waals surface area contributed by atoms with Gasteiger partial charge in [-0.1, -0.05) is 47.6 Å². The van der Waals surface area contributed by atoms with Crippen LogP contribution < -0.4 is 5.32 Å². The normalized spacial score (nSPS) is 17.0. The van der Waals surface area contributed by atoms with Crippen molar-refractivity contribution in [1.29, 1.82) is 5.26 Å². The van der Waals surface area contributed by atoms with E-state index in [9.17, 15) is 10.1 Å². The van der Waals surface area contributed by atoms with Gasteiger partial charge >= 0.3 is 0 Å². The molecule has 1 amide bonds. The number of aromatic nitrogens is 1. The Labute approximate surface area is 206 Å². The molecule has 2 aromatic carbocycles. The SMILES string of the molecule is C[Si](C)(C)OC(C#N)(c1ccccc1)c1ccc(NC(=O)CC2CC(c3cccnc3)=NO2)cc1. The van der Waals surface area contributed by atoms with E-state index in [1.54, 1.807) is 24.5 Å². The molecule has 1 aromatic heterocycles. The lowest BCUT2D eigenvalue weighted by atomic mass is 9.87. The molecule has 2 atom stereocenters. The topological polar surface area (TPSA) is 96.6 Å². The third-order valence-electron chi connectivity index (χ3n) is 5.51. The first-order valence-electron chi connectivity index (χ1n) is 11.5. The van der Waals surface area contributed by atoms with Crippen LogP contribution in [0.2, 0.25) is 19.6 Å². The van der Waals surface area contributed by atoms with Gasteiger partial charge in [0.15, 0.2) is 13.9 Å². The number of pyridine rings is 1. The third-order valence-corrected chi connectivity index (χ3v) is 6.43. The first kappa shape index (κ1) is 24.3. The van der Waals surface area contributed by atoms with Crippen molar-refractivity contribution in [3.63, 3.8) is 0 Å². The number of amides is 1. The van der Waals surface area contributed by atoms with Gasteiger partial charge in [-0.05, 0) is 43.9 Å². The van der Waals surface area contributed by atoms with Gasteiger partial charge in [-0.15, -0.1) is 0 Å². The zero-order valence-corrected chi connectivity index (χ0v) is 21.1. The van der Waals surface area contributed by atoms with Gasteiger partial charge in [-0.3, -0.25) is 9.78 Å². The summed E-state index contributed by atoms with van der Waals surface area (Å²) >= 11 is 0. The molecule has 4 rings (SSSR count). The largest absolute Gasteiger partial charge is 0.393 e. The maximum atomic E-state index is 12.6. The number of hydrogen-bond donors (Lipinski definition) is 1. The summed E-state index contributed by atoms with van der Waals surface area (Å²) in [6, 6.07) is 23.0. The molecule has 0 saturated heterocycles. The Morgan fingerprint density at radius 2 is 1.83 bits per heavy atom. The molecule has 8 heteroatoms. The van der Waals surface area contributed by atoms with Crippen molar-refractivity contribution in [3.8, 4) is 6.07 Å². The molecule has 7 nitrogen and oxygen atoms in total. The fourth-order valence-corrected chi connectivity index (χ4v) is 5.22.